The molecule has 0 aliphatic rings. The Morgan fingerprint density at radius 1 is 1.47 bits per heavy atom. The van der Waals surface area contributed by atoms with E-state index in [1.165, 1.54) is 0 Å². The molecule has 1 rings (SSSR count). The molecule has 0 aromatic heterocycles. The minimum absolute atomic E-state index is 0.325. The first-order valence-electron chi connectivity index (χ1n) is 4.63. The predicted molar refractivity (Wildman–Crippen MR) is 68.5 cm³/mol. The highest BCUT2D eigenvalue weighted by molar-refractivity contribution is 7.80. The monoisotopic (exact) mass is 221 g/mol. The highest BCUT2D eigenvalue weighted by Crippen LogP contribution is 2.14. The van der Waals surface area contributed by atoms with Crippen LogP contribution in [0.2, 0.25) is 0 Å². The molecule has 0 amide bonds. The summed E-state index contributed by atoms with van der Waals surface area (Å²) in [5.74, 6) is 0. The molecule has 0 aliphatic carbocycles. The van der Waals surface area contributed by atoms with Crippen LogP contribution in [0.25, 0.3) is 0 Å². The van der Waals surface area contributed by atoms with Crippen molar-refractivity contribution in [3.63, 3.8) is 0 Å². The van der Waals surface area contributed by atoms with E-state index in [0.29, 0.717) is 11.7 Å². The molecule has 15 heavy (non-hydrogen) atoms. The predicted octanol–water partition coefficient (Wildman–Crippen LogP) is 1.77. The number of nitrogens with two attached hydrogens (primary N) is 1. The summed E-state index contributed by atoms with van der Waals surface area (Å²) in [7, 11) is 1.91. The van der Waals surface area contributed by atoms with E-state index in [9.17, 15) is 0 Å². The number of hydrogen-bond acceptors (Lipinski definition) is 2. The van der Waals surface area contributed by atoms with Gasteiger partial charge in [-0.3, -0.25) is 0 Å². The number of benzene rings is 1. The molecule has 0 unspecified atom stereocenters. The lowest BCUT2D eigenvalue weighted by molar-refractivity contribution is 0.389. The third-order valence-electron chi connectivity index (χ3n) is 1.94. The van der Waals surface area contributed by atoms with Gasteiger partial charge in [-0.2, -0.15) is 0 Å². The molecule has 80 valence electrons. The van der Waals surface area contributed by atoms with Crippen LogP contribution in [0.1, 0.15) is 0 Å². The van der Waals surface area contributed by atoms with Crippen molar-refractivity contribution in [1.82, 2.24) is 5.01 Å². The standard InChI is InChI=1S/C11H15N3S/c1-3-9-13(2)14(11(12)15)10-7-5-4-6-8-10/h3-8H,1,9H2,2H3,(H2,12,15). The number of likely N-dealkylation sites (N-methyl/N-ethyl adjacent to an activating group) is 1. The lowest BCUT2D eigenvalue weighted by Crippen LogP contribution is -2.47. The summed E-state index contributed by atoms with van der Waals surface area (Å²) < 4.78 is 0. The van der Waals surface area contributed by atoms with Crippen LogP contribution in [0, 0.1) is 0 Å². The Morgan fingerprint density at radius 2 is 2.07 bits per heavy atom. The summed E-state index contributed by atoms with van der Waals surface area (Å²) in [6.45, 7) is 4.37. The van der Waals surface area contributed by atoms with E-state index in [4.69, 9.17) is 18.0 Å². The van der Waals surface area contributed by atoms with Gasteiger partial charge in [-0.15, -0.1) is 6.58 Å². The molecule has 0 heterocycles. The van der Waals surface area contributed by atoms with Crippen molar-refractivity contribution >= 4 is 23.0 Å². The van der Waals surface area contributed by atoms with E-state index >= 15 is 0 Å². The van der Waals surface area contributed by atoms with E-state index in [0.717, 1.165) is 5.69 Å². The molecule has 0 fully saturated rings. The molecule has 2 N–H and O–H groups in total. The van der Waals surface area contributed by atoms with Crippen molar-refractivity contribution in [2.45, 2.75) is 0 Å². The second kappa shape index (κ2) is 5.48. The van der Waals surface area contributed by atoms with Crippen LogP contribution >= 0.6 is 12.2 Å². The van der Waals surface area contributed by atoms with Crippen LogP contribution in [0.15, 0.2) is 43.0 Å². The Bertz CT molecular complexity index is 337. The lowest BCUT2D eigenvalue weighted by Gasteiger charge is -2.31. The fourth-order valence-corrected chi connectivity index (χ4v) is 1.58. The first kappa shape index (κ1) is 11.7. The molecule has 1 aromatic carbocycles. The quantitative estimate of drug-likeness (QED) is 0.477. The zero-order valence-corrected chi connectivity index (χ0v) is 9.57. The number of nitrogens with zero attached hydrogens (tertiary/aromatic N) is 2. The zero-order valence-electron chi connectivity index (χ0n) is 8.76. The minimum atomic E-state index is 0.325. The fraction of sp³-hybridized carbons (Fsp3) is 0.182. The van der Waals surface area contributed by atoms with Gasteiger partial charge < -0.3 is 5.73 Å². The summed E-state index contributed by atoms with van der Waals surface area (Å²) in [5, 5.41) is 4.01. The summed E-state index contributed by atoms with van der Waals surface area (Å²) in [4.78, 5) is 0. The average molecular weight is 221 g/mol. The molecule has 0 atom stereocenters. The number of hydrazine groups is 1. The first-order valence-corrected chi connectivity index (χ1v) is 5.04. The Kier molecular flexibility index (Phi) is 4.27. The van der Waals surface area contributed by atoms with E-state index in [1.54, 1.807) is 11.1 Å². The van der Waals surface area contributed by atoms with Crippen molar-refractivity contribution in [2.24, 2.45) is 5.73 Å². The second-order valence-corrected chi connectivity index (χ2v) is 3.53. The number of hydrogen-bond donors (Lipinski definition) is 1. The Balaban J connectivity index is 2.93. The largest absolute Gasteiger partial charge is 0.375 e. The van der Waals surface area contributed by atoms with Gasteiger partial charge in [0.2, 0.25) is 0 Å². The molecule has 3 nitrogen and oxygen atoms in total. The number of anilines is 1. The molecular weight excluding hydrogens is 206 g/mol. The first-order chi connectivity index (χ1) is 7.16. The van der Waals surface area contributed by atoms with Crippen LogP contribution in [-0.2, 0) is 0 Å². The van der Waals surface area contributed by atoms with Crippen LogP contribution in [0.4, 0.5) is 5.69 Å². The summed E-state index contributed by atoms with van der Waals surface area (Å²) in [6, 6.07) is 9.76. The van der Waals surface area contributed by atoms with Crippen LogP contribution < -0.4 is 10.7 Å². The normalized spacial score (nSPS) is 10.0. The van der Waals surface area contributed by atoms with Gasteiger partial charge in [0.05, 0.1) is 5.69 Å². The Labute approximate surface area is 95.8 Å². The molecule has 0 spiro atoms. The van der Waals surface area contributed by atoms with Gasteiger partial charge in [0, 0.05) is 13.6 Å². The third-order valence-corrected chi connectivity index (χ3v) is 2.12. The highest BCUT2D eigenvalue weighted by Gasteiger charge is 2.12. The molecule has 0 bridgehead atoms. The van der Waals surface area contributed by atoms with E-state index in [-0.39, 0.29) is 0 Å². The Morgan fingerprint density at radius 3 is 2.53 bits per heavy atom. The van der Waals surface area contributed by atoms with Gasteiger partial charge in [0.25, 0.3) is 0 Å². The maximum absolute atomic E-state index is 5.68. The molecule has 0 saturated heterocycles. The van der Waals surface area contributed by atoms with Crippen molar-refractivity contribution in [3.05, 3.63) is 43.0 Å². The van der Waals surface area contributed by atoms with Crippen molar-refractivity contribution in [1.29, 1.82) is 0 Å². The van der Waals surface area contributed by atoms with Gasteiger partial charge >= 0.3 is 0 Å². The average Bonchev–Trinajstić information content (AvgIpc) is 2.19. The summed E-state index contributed by atoms with van der Waals surface area (Å²) >= 11 is 5.02. The van der Waals surface area contributed by atoms with E-state index in [2.05, 4.69) is 6.58 Å². The minimum Gasteiger partial charge on any atom is -0.375 e. The van der Waals surface area contributed by atoms with Gasteiger partial charge in [-0.05, 0) is 24.4 Å². The van der Waals surface area contributed by atoms with Gasteiger partial charge in [0.1, 0.15) is 0 Å². The maximum atomic E-state index is 5.68. The number of rotatable bonds is 4. The zero-order chi connectivity index (χ0) is 11.3. The van der Waals surface area contributed by atoms with Crippen LogP contribution in [0.5, 0.6) is 0 Å². The molecule has 0 aliphatic heterocycles. The third kappa shape index (κ3) is 3.04. The Hall–Kier alpha value is -1.39. The fourth-order valence-electron chi connectivity index (χ4n) is 1.33. The smallest absolute Gasteiger partial charge is 0.185 e. The summed E-state index contributed by atoms with van der Waals surface area (Å²) in [6.07, 6.45) is 1.80. The van der Waals surface area contributed by atoms with Crippen molar-refractivity contribution < 1.29 is 0 Å². The molecular formula is C11H15N3S. The second-order valence-electron chi connectivity index (χ2n) is 3.11. The van der Waals surface area contributed by atoms with Crippen LogP contribution in [-0.4, -0.2) is 23.7 Å². The highest BCUT2D eigenvalue weighted by atomic mass is 32.1. The molecule has 0 radical (unpaired) electrons. The van der Waals surface area contributed by atoms with Crippen LogP contribution in [0.3, 0.4) is 0 Å². The van der Waals surface area contributed by atoms with Crippen molar-refractivity contribution in [2.75, 3.05) is 18.6 Å². The number of thiocarbonyl (C=S) groups is 1. The lowest BCUT2D eigenvalue weighted by atomic mass is 10.3. The van der Waals surface area contributed by atoms with Gasteiger partial charge in [0.15, 0.2) is 5.11 Å². The topological polar surface area (TPSA) is 32.5 Å². The maximum Gasteiger partial charge on any atom is 0.185 e. The van der Waals surface area contributed by atoms with E-state index < -0.39 is 0 Å². The molecule has 1 aromatic rings. The van der Waals surface area contributed by atoms with E-state index in [1.807, 2.05) is 42.4 Å². The molecule has 4 heteroatoms. The number of para-hydroxylation sites is 1. The summed E-state index contributed by atoms with van der Waals surface area (Å²) in [5.41, 5.74) is 6.63. The van der Waals surface area contributed by atoms with Gasteiger partial charge in [-0.1, -0.05) is 24.3 Å². The van der Waals surface area contributed by atoms with Crippen molar-refractivity contribution in [3.8, 4) is 0 Å². The van der Waals surface area contributed by atoms with Gasteiger partial charge in [-0.25, -0.2) is 10.0 Å². The molecule has 0 saturated carbocycles. The SMILES string of the molecule is C=CCN(C)N(C(N)=S)c1ccccc1.